The van der Waals surface area contributed by atoms with Crippen LogP contribution in [0.3, 0.4) is 0 Å². The molecule has 1 aromatic heterocycles. The Morgan fingerprint density at radius 1 is 0.372 bits per heavy atom. The van der Waals surface area contributed by atoms with Gasteiger partial charge in [-0.2, -0.15) is 0 Å². The van der Waals surface area contributed by atoms with Gasteiger partial charge in [-0.1, -0.05) is 127 Å². The predicted molar refractivity (Wildman–Crippen MR) is 183 cm³/mol. The summed E-state index contributed by atoms with van der Waals surface area (Å²) in [5.74, 6) is 0. The second kappa shape index (κ2) is 10.4. The first-order chi connectivity index (χ1) is 21.2. The molecule has 8 aromatic rings. The molecule has 0 aliphatic carbocycles. The largest absolute Gasteiger partial charge is 0.256 e. The molecule has 0 saturated carbocycles. The predicted octanol–water partition coefficient (Wildman–Crippen LogP) is 11.5. The van der Waals surface area contributed by atoms with E-state index in [0.717, 1.165) is 11.3 Å². The normalized spacial score (nSPS) is 11.4. The Balaban J connectivity index is 1.35. The van der Waals surface area contributed by atoms with E-state index in [0.29, 0.717) is 0 Å². The van der Waals surface area contributed by atoms with Gasteiger partial charge in [-0.3, -0.25) is 4.98 Å². The Morgan fingerprint density at radius 3 is 1.53 bits per heavy atom. The number of hydrogen-bond donors (Lipinski definition) is 0. The van der Waals surface area contributed by atoms with Gasteiger partial charge in [0.05, 0.1) is 5.69 Å². The number of hydrogen-bond acceptors (Lipinski definition) is 1. The van der Waals surface area contributed by atoms with Crippen LogP contribution in [0.2, 0.25) is 0 Å². The van der Waals surface area contributed by atoms with Crippen LogP contribution in [0.5, 0.6) is 0 Å². The summed E-state index contributed by atoms with van der Waals surface area (Å²) >= 11 is 0. The van der Waals surface area contributed by atoms with E-state index in [4.69, 9.17) is 0 Å². The van der Waals surface area contributed by atoms with Gasteiger partial charge in [-0.25, -0.2) is 0 Å². The molecule has 0 bridgehead atoms. The summed E-state index contributed by atoms with van der Waals surface area (Å²) in [5.41, 5.74) is 10.8. The lowest BCUT2D eigenvalue weighted by molar-refractivity contribution is 1.33. The molecule has 0 atom stereocenters. The minimum absolute atomic E-state index is 0.983. The fourth-order valence-electron chi connectivity index (χ4n) is 6.52. The van der Waals surface area contributed by atoms with Gasteiger partial charge in [0.1, 0.15) is 0 Å². The molecule has 0 fully saturated rings. The number of aryl methyl sites for hydroxylation is 1. The standard InChI is InChI=1S/C42H29N/c1-28-19-20-29-21-22-34(27-35(29)24-28)42-38-16-4-2-14-36(38)41(37-15-3-5-17-39(37)42)33-13-9-11-31(26-33)30-10-8-12-32(25-30)40-18-6-7-23-43-40/h2-27H,1H3. The second-order valence-corrected chi connectivity index (χ2v) is 11.3. The summed E-state index contributed by atoms with van der Waals surface area (Å²) in [5, 5.41) is 7.61. The fourth-order valence-corrected chi connectivity index (χ4v) is 6.52. The van der Waals surface area contributed by atoms with Gasteiger partial charge in [0.15, 0.2) is 0 Å². The Morgan fingerprint density at radius 2 is 0.907 bits per heavy atom. The molecule has 1 heterocycles. The Labute approximate surface area is 251 Å². The third kappa shape index (κ3) is 4.47. The number of aromatic nitrogens is 1. The van der Waals surface area contributed by atoms with Gasteiger partial charge >= 0.3 is 0 Å². The Hall–Kier alpha value is -5.53. The number of rotatable bonds is 4. The lowest BCUT2D eigenvalue weighted by Gasteiger charge is -2.18. The van der Waals surface area contributed by atoms with Gasteiger partial charge in [0.2, 0.25) is 0 Å². The van der Waals surface area contributed by atoms with Crippen molar-refractivity contribution in [3.63, 3.8) is 0 Å². The molecular formula is C42H29N. The summed E-state index contributed by atoms with van der Waals surface area (Å²) < 4.78 is 0. The molecule has 1 nitrogen and oxygen atoms in total. The highest BCUT2D eigenvalue weighted by Gasteiger charge is 2.17. The molecule has 202 valence electrons. The van der Waals surface area contributed by atoms with Crippen LogP contribution in [0.1, 0.15) is 5.56 Å². The second-order valence-electron chi connectivity index (χ2n) is 11.3. The summed E-state index contributed by atoms with van der Waals surface area (Å²) in [7, 11) is 0. The molecule has 8 rings (SSSR count). The van der Waals surface area contributed by atoms with Crippen molar-refractivity contribution in [1.82, 2.24) is 4.98 Å². The highest BCUT2D eigenvalue weighted by molar-refractivity contribution is 6.21. The summed E-state index contributed by atoms with van der Waals surface area (Å²) in [6, 6.07) is 55.0. The highest BCUT2D eigenvalue weighted by atomic mass is 14.7. The van der Waals surface area contributed by atoms with Crippen molar-refractivity contribution in [1.29, 1.82) is 0 Å². The minimum atomic E-state index is 0.983. The zero-order chi connectivity index (χ0) is 28.8. The molecule has 0 N–H and O–H groups in total. The van der Waals surface area contributed by atoms with Gasteiger partial charge in [0, 0.05) is 11.8 Å². The molecule has 7 aromatic carbocycles. The van der Waals surface area contributed by atoms with Crippen LogP contribution in [0, 0.1) is 6.92 Å². The molecule has 0 amide bonds. The van der Waals surface area contributed by atoms with Crippen LogP contribution < -0.4 is 0 Å². The zero-order valence-corrected chi connectivity index (χ0v) is 24.0. The quantitative estimate of drug-likeness (QED) is 0.200. The monoisotopic (exact) mass is 547 g/mol. The highest BCUT2D eigenvalue weighted by Crippen LogP contribution is 2.44. The Kier molecular flexibility index (Phi) is 6.09. The van der Waals surface area contributed by atoms with Crippen LogP contribution in [-0.4, -0.2) is 4.98 Å². The molecular weight excluding hydrogens is 518 g/mol. The first kappa shape index (κ1) is 25.2. The SMILES string of the molecule is Cc1ccc2ccc(-c3c4ccccc4c(-c4cccc(-c5cccc(-c6ccccn6)c5)c4)c4ccccc34)cc2c1. The molecule has 0 saturated heterocycles. The van der Waals surface area contributed by atoms with E-state index in [1.165, 1.54) is 71.3 Å². The third-order valence-corrected chi connectivity index (χ3v) is 8.52. The average molecular weight is 548 g/mol. The van der Waals surface area contributed by atoms with Crippen molar-refractivity contribution >= 4 is 32.3 Å². The molecule has 0 aliphatic rings. The van der Waals surface area contributed by atoms with Crippen molar-refractivity contribution in [3.8, 4) is 44.6 Å². The smallest absolute Gasteiger partial charge is 0.0702 e. The number of pyridine rings is 1. The number of benzene rings is 7. The summed E-state index contributed by atoms with van der Waals surface area (Å²) in [4.78, 5) is 4.57. The molecule has 0 radical (unpaired) electrons. The maximum Gasteiger partial charge on any atom is 0.0702 e. The van der Waals surface area contributed by atoms with E-state index in [1.807, 2.05) is 18.3 Å². The first-order valence-electron chi connectivity index (χ1n) is 14.8. The van der Waals surface area contributed by atoms with E-state index in [1.54, 1.807) is 0 Å². The number of nitrogens with zero attached hydrogens (tertiary/aromatic N) is 1. The molecule has 0 spiro atoms. The summed E-state index contributed by atoms with van der Waals surface area (Å²) in [6.07, 6.45) is 1.85. The van der Waals surface area contributed by atoms with Crippen LogP contribution >= 0.6 is 0 Å². The van der Waals surface area contributed by atoms with Crippen LogP contribution in [0.15, 0.2) is 158 Å². The lowest BCUT2D eigenvalue weighted by atomic mass is 9.85. The van der Waals surface area contributed by atoms with Crippen LogP contribution in [-0.2, 0) is 0 Å². The van der Waals surface area contributed by atoms with Gasteiger partial charge in [0.25, 0.3) is 0 Å². The van der Waals surface area contributed by atoms with Crippen LogP contribution in [0.4, 0.5) is 0 Å². The van der Waals surface area contributed by atoms with Crippen molar-refractivity contribution in [2.24, 2.45) is 0 Å². The van der Waals surface area contributed by atoms with Crippen molar-refractivity contribution < 1.29 is 0 Å². The lowest BCUT2D eigenvalue weighted by Crippen LogP contribution is -1.91. The minimum Gasteiger partial charge on any atom is -0.256 e. The first-order valence-corrected chi connectivity index (χ1v) is 14.8. The van der Waals surface area contributed by atoms with Gasteiger partial charge in [-0.15, -0.1) is 0 Å². The zero-order valence-electron chi connectivity index (χ0n) is 24.0. The Bertz CT molecular complexity index is 2240. The van der Waals surface area contributed by atoms with E-state index < -0.39 is 0 Å². The maximum atomic E-state index is 4.57. The summed E-state index contributed by atoms with van der Waals surface area (Å²) in [6.45, 7) is 2.16. The van der Waals surface area contributed by atoms with Crippen LogP contribution in [0.25, 0.3) is 77.0 Å². The van der Waals surface area contributed by atoms with Crippen molar-refractivity contribution in [2.45, 2.75) is 6.92 Å². The maximum absolute atomic E-state index is 4.57. The third-order valence-electron chi connectivity index (χ3n) is 8.52. The fraction of sp³-hybridized carbons (Fsp3) is 0.0238. The number of fused-ring (bicyclic) bond motifs is 3. The van der Waals surface area contributed by atoms with E-state index >= 15 is 0 Å². The van der Waals surface area contributed by atoms with Crippen molar-refractivity contribution in [2.75, 3.05) is 0 Å². The van der Waals surface area contributed by atoms with Crippen molar-refractivity contribution in [3.05, 3.63) is 163 Å². The molecule has 43 heavy (non-hydrogen) atoms. The molecule has 0 unspecified atom stereocenters. The van der Waals surface area contributed by atoms with E-state index in [-0.39, 0.29) is 0 Å². The average Bonchev–Trinajstić information content (AvgIpc) is 3.07. The van der Waals surface area contributed by atoms with E-state index in [2.05, 4.69) is 151 Å². The molecule has 0 aliphatic heterocycles. The van der Waals surface area contributed by atoms with Gasteiger partial charge < -0.3 is 0 Å². The van der Waals surface area contributed by atoms with Gasteiger partial charge in [-0.05, 0) is 103 Å². The van der Waals surface area contributed by atoms with E-state index in [9.17, 15) is 0 Å². The topological polar surface area (TPSA) is 12.9 Å². The molecule has 1 heteroatoms.